The van der Waals surface area contributed by atoms with Crippen molar-refractivity contribution in [3.63, 3.8) is 0 Å². The Labute approximate surface area is 113 Å². The van der Waals surface area contributed by atoms with Gasteiger partial charge in [0.05, 0.1) is 6.20 Å². The maximum absolute atomic E-state index is 13.6. The summed E-state index contributed by atoms with van der Waals surface area (Å²) in [5.74, 6) is 0.326. The molecule has 2 rings (SSSR count). The van der Waals surface area contributed by atoms with Crippen LogP contribution in [0.15, 0.2) is 6.20 Å². The van der Waals surface area contributed by atoms with Crippen molar-refractivity contribution in [1.82, 2.24) is 14.9 Å². The fourth-order valence-electron chi connectivity index (χ4n) is 2.29. The number of hydrogen-bond acceptors (Lipinski definition) is 5. The van der Waals surface area contributed by atoms with Gasteiger partial charge in [-0.1, -0.05) is 0 Å². The average molecular weight is 267 g/mol. The third-order valence-corrected chi connectivity index (χ3v) is 3.41. The van der Waals surface area contributed by atoms with Crippen LogP contribution in [0.5, 0.6) is 0 Å². The summed E-state index contributed by atoms with van der Waals surface area (Å²) in [4.78, 5) is 10.4. The first-order valence-corrected chi connectivity index (χ1v) is 6.95. The summed E-state index contributed by atoms with van der Waals surface area (Å²) in [6.07, 6.45) is 3.72. The van der Waals surface area contributed by atoms with Crippen molar-refractivity contribution in [3.8, 4) is 0 Å². The lowest BCUT2D eigenvalue weighted by atomic mass is 10.3. The molecule has 0 aliphatic carbocycles. The van der Waals surface area contributed by atoms with Crippen LogP contribution < -0.4 is 10.6 Å². The van der Waals surface area contributed by atoms with Crippen LogP contribution in [0.1, 0.15) is 26.7 Å². The smallest absolute Gasteiger partial charge is 0.224 e. The van der Waals surface area contributed by atoms with Crippen LogP contribution in [-0.2, 0) is 0 Å². The van der Waals surface area contributed by atoms with Crippen molar-refractivity contribution >= 4 is 11.8 Å². The monoisotopic (exact) mass is 267 g/mol. The standard InChI is InChI=1S/C13H22FN5/c1-3-15-13-17-9-11(14)12(18-13)16-8-10(2)19-6-4-5-7-19/h9-10H,3-8H2,1-2H3,(H2,15,16,17,18). The molecule has 1 fully saturated rings. The third-order valence-electron chi connectivity index (χ3n) is 3.41. The van der Waals surface area contributed by atoms with Crippen LogP contribution in [0.2, 0.25) is 0 Å². The normalized spacial score (nSPS) is 17.4. The maximum Gasteiger partial charge on any atom is 0.224 e. The fourth-order valence-corrected chi connectivity index (χ4v) is 2.29. The molecule has 0 radical (unpaired) electrons. The summed E-state index contributed by atoms with van der Waals surface area (Å²) in [6.45, 7) is 7.79. The SMILES string of the molecule is CCNc1ncc(F)c(NCC(C)N2CCCC2)n1. The first-order valence-electron chi connectivity index (χ1n) is 6.95. The number of hydrogen-bond donors (Lipinski definition) is 2. The first kappa shape index (κ1) is 14.0. The van der Waals surface area contributed by atoms with Gasteiger partial charge in [0.25, 0.3) is 0 Å². The highest BCUT2D eigenvalue weighted by Crippen LogP contribution is 2.14. The number of rotatable bonds is 6. The maximum atomic E-state index is 13.6. The molecule has 6 heteroatoms. The van der Waals surface area contributed by atoms with E-state index in [1.807, 2.05) is 6.92 Å². The van der Waals surface area contributed by atoms with E-state index >= 15 is 0 Å². The second kappa shape index (κ2) is 6.65. The van der Waals surface area contributed by atoms with Gasteiger partial charge in [0.15, 0.2) is 11.6 Å². The minimum atomic E-state index is -0.407. The van der Waals surface area contributed by atoms with Gasteiger partial charge in [0, 0.05) is 19.1 Å². The Morgan fingerprint density at radius 2 is 2.11 bits per heavy atom. The molecule has 0 aromatic carbocycles. The molecule has 5 nitrogen and oxygen atoms in total. The predicted molar refractivity (Wildman–Crippen MR) is 74.9 cm³/mol. The minimum Gasteiger partial charge on any atom is -0.366 e. The Kier molecular flexibility index (Phi) is 4.90. The van der Waals surface area contributed by atoms with E-state index in [-0.39, 0.29) is 5.82 Å². The molecule has 0 spiro atoms. The molecule has 1 atom stereocenters. The van der Waals surface area contributed by atoms with Crippen molar-refractivity contribution < 1.29 is 4.39 Å². The van der Waals surface area contributed by atoms with E-state index in [9.17, 15) is 4.39 Å². The lowest BCUT2D eigenvalue weighted by molar-refractivity contribution is 0.269. The average Bonchev–Trinajstić information content (AvgIpc) is 2.93. The van der Waals surface area contributed by atoms with Crippen LogP contribution in [0.3, 0.4) is 0 Å². The van der Waals surface area contributed by atoms with E-state index in [0.717, 1.165) is 19.6 Å². The Morgan fingerprint density at radius 3 is 2.79 bits per heavy atom. The summed E-state index contributed by atoms with van der Waals surface area (Å²) < 4.78 is 13.6. The molecule has 1 unspecified atom stereocenters. The number of nitrogens with one attached hydrogen (secondary N) is 2. The van der Waals surface area contributed by atoms with E-state index in [0.29, 0.717) is 18.5 Å². The lowest BCUT2D eigenvalue weighted by Crippen LogP contribution is -2.35. The molecular weight excluding hydrogens is 245 g/mol. The fraction of sp³-hybridized carbons (Fsp3) is 0.692. The van der Waals surface area contributed by atoms with E-state index < -0.39 is 5.82 Å². The Morgan fingerprint density at radius 1 is 1.37 bits per heavy atom. The summed E-state index contributed by atoms with van der Waals surface area (Å²) in [7, 11) is 0. The van der Waals surface area contributed by atoms with Gasteiger partial charge in [-0.15, -0.1) is 0 Å². The van der Waals surface area contributed by atoms with Crippen molar-refractivity contribution in [2.45, 2.75) is 32.7 Å². The second-order valence-corrected chi connectivity index (χ2v) is 4.89. The minimum absolute atomic E-state index is 0.275. The molecule has 1 aliphatic heterocycles. The Balaban J connectivity index is 1.92. The van der Waals surface area contributed by atoms with Gasteiger partial charge >= 0.3 is 0 Å². The molecule has 2 N–H and O–H groups in total. The van der Waals surface area contributed by atoms with Gasteiger partial charge in [0.2, 0.25) is 5.95 Å². The first-order chi connectivity index (χ1) is 9.20. The molecule has 0 amide bonds. The van der Waals surface area contributed by atoms with Gasteiger partial charge in [-0.25, -0.2) is 9.37 Å². The van der Waals surface area contributed by atoms with Gasteiger partial charge in [-0.2, -0.15) is 4.98 Å². The van der Waals surface area contributed by atoms with Crippen LogP contribution in [0.4, 0.5) is 16.2 Å². The second-order valence-electron chi connectivity index (χ2n) is 4.89. The van der Waals surface area contributed by atoms with Crippen molar-refractivity contribution in [2.24, 2.45) is 0 Å². The van der Waals surface area contributed by atoms with Crippen LogP contribution in [0.25, 0.3) is 0 Å². The molecule has 2 heterocycles. The highest BCUT2D eigenvalue weighted by atomic mass is 19.1. The van der Waals surface area contributed by atoms with E-state index in [2.05, 4.69) is 32.4 Å². The van der Waals surface area contributed by atoms with Crippen molar-refractivity contribution in [1.29, 1.82) is 0 Å². The number of aromatic nitrogens is 2. The van der Waals surface area contributed by atoms with E-state index in [4.69, 9.17) is 0 Å². The van der Waals surface area contributed by atoms with Crippen LogP contribution in [-0.4, -0.2) is 47.1 Å². The molecule has 1 aromatic rings. The zero-order valence-corrected chi connectivity index (χ0v) is 11.6. The van der Waals surface area contributed by atoms with Gasteiger partial charge in [-0.05, 0) is 39.8 Å². The zero-order chi connectivity index (χ0) is 13.7. The Bertz CT molecular complexity index is 406. The molecule has 106 valence electrons. The zero-order valence-electron chi connectivity index (χ0n) is 11.6. The molecule has 1 saturated heterocycles. The predicted octanol–water partition coefficient (Wildman–Crippen LogP) is 1.94. The van der Waals surface area contributed by atoms with Gasteiger partial charge in [0.1, 0.15) is 0 Å². The molecule has 0 saturated carbocycles. The summed E-state index contributed by atoms with van der Waals surface area (Å²) in [5.41, 5.74) is 0. The summed E-state index contributed by atoms with van der Waals surface area (Å²) in [5, 5.41) is 6.06. The molecular formula is C13H22FN5. The van der Waals surface area contributed by atoms with E-state index in [1.165, 1.54) is 19.0 Å². The largest absolute Gasteiger partial charge is 0.366 e. The number of likely N-dealkylation sites (tertiary alicyclic amines) is 1. The third kappa shape index (κ3) is 3.76. The van der Waals surface area contributed by atoms with E-state index in [1.54, 1.807) is 0 Å². The summed E-state index contributed by atoms with van der Waals surface area (Å²) >= 11 is 0. The topological polar surface area (TPSA) is 53.1 Å². The molecule has 0 bridgehead atoms. The molecule has 1 aromatic heterocycles. The lowest BCUT2D eigenvalue weighted by Gasteiger charge is -2.24. The molecule has 19 heavy (non-hydrogen) atoms. The summed E-state index contributed by atoms with van der Waals surface area (Å²) in [6, 6.07) is 0.388. The quantitative estimate of drug-likeness (QED) is 0.825. The molecule has 1 aliphatic rings. The van der Waals surface area contributed by atoms with Crippen molar-refractivity contribution in [3.05, 3.63) is 12.0 Å². The van der Waals surface area contributed by atoms with Crippen LogP contribution >= 0.6 is 0 Å². The number of halogens is 1. The van der Waals surface area contributed by atoms with Crippen molar-refractivity contribution in [2.75, 3.05) is 36.8 Å². The highest BCUT2D eigenvalue weighted by molar-refractivity contribution is 5.41. The Hall–Kier alpha value is -1.43. The van der Waals surface area contributed by atoms with Crippen LogP contribution in [0, 0.1) is 5.82 Å². The number of nitrogens with zero attached hydrogens (tertiary/aromatic N) is 3. The highest BCUT2D eigenvalue weighted by Gasteiger charge is 2.18. The van der Waals surface area contributed by atoms with Gasteiger partial charge < -0.3 is 10.6 Å². The van der Waals surface area contributed by atoms with Gasteiger partial charge in [-0.3, -0.25) is 4.90 Å². The number of anilines is 2.